The summed E-state index contributed by atoms with van der Waals surface area (Å²) in [6, 6.07) is 8.54. The van der Waals surface area contributed by atoms with Crippen LogP contribution < -0.4 is 5.32 Å². The summed E-state index contributed by atoms with van der Waals surface area (Å²) in [5.41, 5.74) is 5.44. The van der Waals surface area contributed by atoms with Crippen molar-refractivity contribution in [2.24, 2.45) is 13.0 Å². The maximum absolute atomic E-state index is 12.9. The molecule has 172 valence electrons. The SMILES string of the molecule is COCCNC(=O)c1nn(CCC(C)C)c2c1CN(Cc1cn(C)c3ccccc13)CC2. The van der Waals surface area contributed by atoms with Crippen LogP contribution in [-0.2, 0) is 37.8 Å². The number of hydrogen-bond donors (Lipinski definition) is 1. The molecule has 3 aromatic rings. The van der Waals surface area contributed by atoms with E-state index in [1.807, 2.05) is 0 Å². The Morgan fingerprint density at radius 1 is 1.28 bits per heavy atom. The van der Waals surface area contributed by atoms with E-state index in [4.69, 9.17) is 9.84 Å². The zero-order chi connectivity index (χ0) is 22.7. The third-order valence-electron chi connectivity index (χ3n) is 6.31. The Bertz CT molecular complexity index is 1080. The molecule has 32 heavy (non-hydrogen) atoms. The number of para-hydroxylation sites is 1. The Morgan fingerprint density at radius 2 is 2.09 bits per heavy atom. The Morgan fingerprint density at radius 3 is 2.88 bits per heavy atom. The Hall–Kier alpha value is -2.64. The number of nitrogens with zero attached hydrogens (tertiary/aromatic N) is 4. The number of nitrogens with one attached hydrogen (secondary N) is 1. The van der Waals surface area contributed by atoms with Gasteiger partial charge in [0.05, 0.1) is 6.61 Å². The van der Waals surface area contributed by atoms with Crippen LogP contribution in [0.5, 0.6) is 0 Å². The highest BCUT2D eigenvalue weighted by atomic mass is 16.5. The number of rotatable bonds is 9. The third-order valence-corrected chi connectivity index (χ3v) is 6.31. The summed E-state index contributed by atoms with van der Waals surface area (Å²) >= 11 is 0. The van der Waals surface area contributed by atoms with E-state index in [1.54, 1.807) is 7.11 Å². The molecule has 1 aliphatic rings. The van der Waals surface area contributed by atoms with Crippen molar-refractivity contribution in [2.75, 3.05) is 26.8 Å². The second-order valence-electron chi connectivity index (χ2n) is 9.17. The van der Waals surface area contributed by atoms with Crippen LogP contribution in [0.15, 0.2) is 30.5 Å². The van der Waals surface area contributed by atoms with Gasteiger partial charge in [-0.3, -0.25) is 14.4 Å². The highest BCUT2D eigenvalue weighted by molar-refractivity contribution is 5.94. The van der Waals surface area contributed by atoms with Crippen molar-refractivity contribution in [3.8, 4) is 0 Å². The first-order valence-corrected chi connectivity index (χ1v) is 11.6. The van der Waals surface area contributed by atoms with Gasteiger partial charge in [0.2, 0.25) is 0 Å². The van der Waals surface area contributed by atoms with Crippen molar-refractivity contribution in [1.82, 2.24) is 24.6 Å². The number of carbonyl (C=O) groups is 1. The minimum absolute atomic E-state index is 0.103. The molecule has 0 saturated heterocycles. The number of aromatic nitrogens is 3. The van der Waals surface area contributed by atoms with Gasteiger partial charge in [0.15, 0.2) is 5.69 Å². The minimum atomic E-state index is -0.103. The number of fused-ring (bicyclic) bond motifs is 2. The first-order valence-electron chi connectivity index (χ1n) is 11.6. The van der Waals surface area contributed by atoms with E-state index >= 15 is 0 Å². The van der Waals surface area contributed by atoms with E-state index in [2.05, 4.69) is 70.8 Å². The van der Waals surface area contributed by atoms with Crippen LogP contribution in [0.3, 0.4) is 0 Å². The molecule has 4 rings (SSSR count). The molecule has 0 atom stereocenters. The van der Waals surface area contributed by atoms with Crippen molar-refractivity contribution in [2.45, 2.75) is 46.3 Å². The van der Waals surface area contributed by atoms with Crippen molar-refractivity contribution >= 4 is 16.8 Å². The molecule has 0 aliphatic carbocycles. The number of methoxy groups -OCH3 is 1. The standard InChI is InChI=1S/C25H35N5O2/c1-18(2)9-13-30-23-10-12-29(16-19-15-28(3)22-8-6-5-7-20(19)22)17-21(23)24(27-30)25(31)26-11-14-32-4/h5-8,15,18H,9-14,16-17H2,1-4H3,(H,26,31). The van der Waals surface area contributed by atoms with E-state index in [1.165, 1.54) is 22.2 Å². The van der Waals surface area contributed by atoms with Crippen LogP contribution in [0.4, 0.5) is 0 Å². The second-order valence-corrected chi connectivity index (χ2v) is 9.17. The lowest BCUT2D eigenvalue weighted by Gasteiger charge is -2.27. The molecule has 1 amide bonds. The molecule has 1 aliphatic heterocycles. The summed E-state index contributed by atoms with van der Waals surface area (Å²) < 4.78 is 9.35. The molecule has 7 nitrogen and oxygen atoms in total. The highest BCUT2D eigenvalue weighted by Crippen LogP contribution is 2.27. The predicted octanol–water partition coefficient (Wildman–Crippen LogP) is 3.36. The summed E-state index contributed by atoms with van der Waals surface area (Å²) in [6.45, 7) is 8.86. The Labute approximate surface area is 190 Å². The van der Waals surface area contributed by atoms with E-state index < -0.39 is 0 Å². The topological polar surface area (TPSA) is 64.3 Å². The lowest BCUT2D eigenvalue weighted by atomic mass is 10.0. The quantitative estimate of drug-likeness (QED) is 0.522. The number of hydrogen-bond acceptors (Lipinski definition) is 4. The molecule has 0 bridgehead atoms. The van der Waals surface area contributed by atoms with Gasteiger partial charge < -0.3 is 14.6 Å². The molecular formula is C25H35N5O2. The summed E-state index contributed by atoms with van der Waals surface area (Å²) in [5, 5.41) is 9.03. The molecule has 3 heterocycles. The predicted molar refractivity (Wildman–Crippen MR) is 127 cm³/mol. The van der Waals surface area contributed by atoms with Crippen LogP contribution >= 0.6 is 0 Å². The first-order chi connectivity index (χ1) is 15.5. The van der Waals surface area contributed by atoms with E-state index in [0.717, 1.165) is 44.6 Å². The summed E-state index contributed by atoms with van der Waals surface area (Å²) in [4.78, 5) is 15.4. The van der Waals surface area contributed by atoms with Crippen LogP contribution in [0.2, 0.25) is 0 Å². The van der Waals surface area contributed by atoms with Gasteiger partial charge in [0.25, 0.3) is 5.91 Å². The summed E-state index contributed by atoms with van der Waals surface area (Å²) in [5.74, 6) is 0.494. The lowest BCUT2D eigenvalue weighted by Crippen LogP contribution is -2.33. The molecule has 1 aromatic carbocycles. The fraction of sp³-hybridized carbons (Fsp3) is 0.520. The minimum Gasteiger partial charge on any atom is -0.383 e. The Balaban J connectivity index is 1.57. The van der Waals surface area contributed by atoms with Gasteiger partial charge >= 0.3 is 0 Å². The molecule has 1 N–H and O–H groups in total. The molecule has 0 unspecified atom stereocenters. The zero-order valence-corrected chi connectivity index (χ0v) is 19.7. The van der Waals surface area contributed by atoms with Gasteiger partial charge in [-0.15, -0.1) is 0 Å². The highest BCUT2D eigenvalue weighted by Gasteiger charge is 2.28. The number of aryl methyl sites for hydroxylation is 2. The number of carbonyl (C=O) groups excluding carboxylic acids is 1. The van der Waals surface area contributed by atoms with Gasteiger partial charge in [-0.25, -0.2) is 0 Å². The smallest absolute Gasteiger partial charge is 0.272 e. The molecule has 0 radical (unpaired) electrons. The van der Waals surface area contributed by atoms with Crippen molar-refractivity contribution in [1.29, 1.82) is 0 Å². The van der Waals surface area contributed by atoms with Crippen molar-refractivity contribution in [3.63, 3.8) is 0 Å². The normalized spacial score (nSPS) is 14.3. The zero-order valence-electron chi connectivity index (χ0n) is 19.7. The largest absolute Gasteiger partial charge is 0.383 e. The fourth-order valence-electron chi connectivity index (χ4n) is 4.57. The van der Waals surface area contributed by atoms with Gasteiger partial charge in [0, 0.05) is 81.7 Å². The summed E-state index contributed by atoms with van der Waals surface area (Å²) in [7, 11) is 3.74. The van der Waals surface area contributed by atoms with Crippen molar-refractivity contribution in [3.05, 3.63) is 53.0 Å². The molecule has 0 saturated carbocycles. The van der Waals surface area contributed by atoms with E-state index in [-0.39, 0.29) is 5.91 Å². The van der Waals surface area contributed by atoms with Crippen LogP contribution in [0.1, 0.15) is 47.6 Å². The molecule has 0 fully saturated rings. The fourth-order valence-corrected chi connectivity index (χ4v) is 4.57. The average molecular weight is 438 g/mol. The molecular weight excluding hydrogens is 402 g/mol. The molecule has 0 spiro atoms. The van der Waals surface area contributed by atoms with Gasteiger partial charge in [-0.05, 0) is 24.0 Å². The summed E-state index contributed by atoms with van der Waals surface area (Å²) in [6.07, 6.45) is 4.19. The molecule has 2 aromatic heterocycles. The van der Waals surface area contributed by atoms with Gasteiger partial charge in [-0.2, -0.15) is 5.10 Å². The second kappa shape index (κ2) is 9.88. The average Bonchev–Trinajstić information content (AvgIpc) is 3.30. The van der Waals surface area contributed by atoms with E-state index in [9.17, 15) is 4.79 Å². The maximum atomic E-state index is 12.9. The maximum Gasteiger partial charge on any atom is 0.272 e. The van der Waals surface area contributed by atoms with Crippen LogP contribution in [-0.4, -0.2) is 52.0 Å². The van der Waals surface area contributed by atoms with Crippen LogP contribution in [0.25, 0.3) is 10.9 Å². The third kappa shape index (κ3) is 4.74. The van der Waals surface area contributed by atoms with Gasteiger partial charge in [0.1, 0.15) is 0 Å². The monoisotopic (exact) mass is 437 g/mol. The first kappa shape index (κ1) is 22.6. The lowest BCUT2D eigenvalue weighted by molar-refractivity contribution is 0.0929. The number of amides is 1. The number of benzene rings is 1. The number of ether oxygens (including phenoxy) is 1. The Kier molecular flexibility index (Phi) is 6.96. The van der Waals surface area contributed by atoms with Crippen molar-refractivity contribution < 1.29 is 9.53 Å². The van der Waals surface area contributed by atoms with E-state index in [0.29, 0.717) is 24.8 Å². The molecule has 7 heteroatoms. The van der Waals surface area contributed by atoms with Crippen LogP contribution in [0, 0.1) is 5.92 Å². The van der Waals surface area contributed by atoms with Gasteiger partial charge in [-0.1, -0.05) is 32.0 Å².